The molecule has 1 unspecified atom stereocenters. The van der Waals surface area contributed by atoms with Crippen LogP contribution in [0.1, 0.15) is 43.0 Å². The summed E-state index contributed by atoms with van der Waals surface area (Å²) >= 11 is 1.63. The predicted octanol–water partition coefficient (Wildman–Crippen LogP) is 2.67. The van der Waals surface area contributed by atoms with Crippen LogP contribution < -0.4 is 10.6 Å². The van der Waals surface area contributed by atoms with Crippen LogP contribution in [0.5, 0.6) is 0 Å². The lowest BCUT2D eigenvalue weighted by atomic mass is 10.0. The van der Waals surface area contributed by atoms with Crippen molar-refractivity contribution in [2.24, 2.45) is 0 Å². The topological polar surface area (TPSA) is 78.4 Å². The van der Waals surface area contributed by atoms with Gasteiger partial charge in [-0.3, -0.25) is 4.79 Å². The van der Waals surface area contributed by atoms with Crippen LogP contribution >= 0.6 is 11.3 Å². The summed E-state index contributed by atoms with van der Waals surface area (Å²) in [6, 6.07) is 3.53. The van der Waals surface area contributed by atoms with E-state index in [1.54, 1.807) is 25.2 Å². The maximum absolute atomic E-state index is 11.8. The molecule has 1 heterocycles. The summed E-state index contributed by atoms with van der Waals surface area (Å²) in [4.78, 5) is 24.8. The molecule has 5 nitrogen and oxygen atoms in total. The molecule has 0 radical (unpaired) electrons. The average Bonchev–Trinajstić information content (AvgIpc) is 2.61. The lowest BCUT2D eigenvalue weighted by molar-refractivity contribution is -0.138. The number of carboxylic acids is 1. The van der Waals surface area contributed by atoms with E-state index in [0.29, 0.717) is 0 Å². The van der Waals surface area contributed by atoms with Crippen LogP contribution in [-0.4, -0.2) is 22.6 Å². The number of urea groups is 1. The molecule has 0 aliphatic carbocycles. The molecule has 0 aliphatic heterocycles. The van der Waals surface area contributed by atoms with Crippen molar-refractivity contribution >= 4 is 23.3 Å². The standard InChI is InChI=1S/C13H20N2O3S/c1-8-5-6-10(19-8)9(2)14-12(18)15-13(3,4)7-11(16)17/h5-6,9H,7H2,1-4H3,(H,16,17)(H2,14,15,18). The Morgan fingerprint density at radius 3 is 2.53 bits per heavy atom. The maximum Gasteiger partial charge on any atom is 0.315 e. The molecule has 0 fully saturated rings. The first-order valence-corrected chi connectivity index (χ1v) is 6.88. The van der Waals surface area contributed by atoms with Crippen molar-refractivity contribution in [1.82, 2.24) is 10.6 Å². The number of carbonyl (C=O) groups excluding carboxylic acids is 1. The van der Waals surface area contributed by atoms with Gasteiger partial charge in [-0.1, -0.05) is 0 Å². The molecule has 0 aromatic carbocycles. The van der Waals surface area contributed by atoms with Crippen molar-refractivity contribution in [3.63, 3.8) is 0 Å². The molecule has 0 bridgehead atoms. The Bertz CT molecular complexity index is 468. The summed E-state index contributed by atoms with van der Waals surface area (Å²) in [5.41, 5.74) is -0.777. The number of amides is 2. The first-order chi connectivity index (χ1) is 8.69. The number of carboxylic acid groups (broad SMARTS) is 1. The number of hydrogen-bond donors (Lipinski definition) is 3. The van der Waals surface area contributed by atoms with E-state index >= 15 is 0 Å². The highest BCUT2D eigenvalue weighted by Crippen LogP contribution is 2.22. The van der Waals surface area contributed by atoms with E-state index in [9.17, 15) is 9.59 Å². The van der Waals surface area contributed by atoms with Crippen molar-refractivity contribution in [1.29, 1.82) is 0 Å². The van der Waals surface area contributed by atoms with E-state index in [2.05, 4.69) is 10.6 Å². The fourth-order valence-electron chi connectivity index (χ4n) is 1.72. The van der Waals surface area contributed by atoms with Gasteiger partial charge >= 0.3 is 12.0 Å². The summed E-state index contributed by atoms with van der Waals surface area (Å²) in [6.07, 6.45) is -0.118. The largest absolute Gasteiger partial charge is 0.481 e. The minimum Gasteiger partial charge on any atom is -0.481 e. The van der Waals surface area contributed by atoms with Crippen LogP contribution in [0.25, 0.3) is 0 Å². The maximum atomic E-state index is 11.8. The Hall–Kier alpha value is -1.56. The van der Waals surface area contributed by atoms with Gasteiger partial charge in [-0.05, 0) is 39.8 Å². The lowest BCUT2D eigenvalue weighted by Crippen LogP contribution is -2.49. The Kier molecular flexibility index (Phi) is 4.94. The van der Waals surface area contributed by atoms with Gasteiger partial charge in [0.25, 0.3) is 0 Å². The van der Waals surface area contributed by atoms with Crippen LogP contribution in [0.3, 0.4) is 0 Å². The Morgan fingerprint density at radius 1 is 1.42 bits per heavy atom. The Morgan fingerprint density at radius 2 is 2.05 bits per heavy atom. The fourth-order valence-corrected chi connectivity index (χ4v) is 2.60. The zero-order valence-corrected chi connectivity index (χ0v) is 12.4. The normalized spacial score (nSPS) is 12.8. The van der Waals surface area contributed by atoms with Crippen LogP contribution in [0.15, 0.2) is 12.1 Å². The zero-order valence-electron chi connectivity index (χ0n) is 11.6. The third-order valence-electron chi connectivity index (χ3n) is 2.58. The van der Waals surface area contributed by atoms with Crippen LogP contribution in [0.2, 0.25) is 0 Å². The van der Waals surface area contributed by atoms with Gasteiger partial charge in [0.05, 0.1) is 12.5 Å². The molecule has 6 heteroatoms. The summed E-state index contributed by atoms with van der Waals surface area (Å²) in [5, 5.41) is 14.2. The van der Waals surface area contributed by atoms with Gasteiger partial charge < -0.3 is 15.7 Å². The van der Waals surface area contributed by atoms with E-state index in [1.807, 2.05) is 26.0 Å². The second-order valence-electron chi connectivity index (χ2n) is 5.22. The fraction of sp³-hybridized carbons (Fsp3) is 0.538. The van der Waals surface area contributed by atoms with Gasteiger partial charge in [0.2, 0.25) is 0 Å². The van der Waals surface area contributed by atoms with Crippen molar-refractivity contribution < 1.29 is 14.7 Å². The van der Waals surface area contributed by atoms with Gasteiger partial charge in [-0.15, -0.1) is 11.3 Å². The van der Waals surface area contributed by atoms with E-state index in [4.69, 9.17) is 5.11 Å². The van der Waals surface area contributed by atoms with Gasteiger partial charge in [0.1, 0.15) is 0 Å². The third-order valence-corrected chi connectivity index (χ3v) is 3.76. The van der Waals surface area contributed by atoms with Gasteiger partial charge in [-0.25, -0.2) is 4.79 Å². The number of aliphatic carboxylic acids is 1. The van der Waals surface area contributed by atoms with Crippen molar-refractivity contribution in [2.45, 2.75) is 45.7 Å². The quantitative estimate of drug-likeness (QED) is 0.778. The van der Waals surface area contributed by atoms with Crippen molar-refractivity contribution in [2.75, 3.05) is 0 Å². The number of carbonyl (C=O) groups is 2. The molecule has 3 N–H and O–H groups in total. The molecule has 2 amide bonds. The second kappa shape index (κ2) is 6.06. The highest BCUT2D eigenvalue weighted by atomic mass is 32.1. The third kappa shape index (κ3) is 5.30. The molecule has 1 atom stereocenters. The van der Waals surface area contributed by atoms with E-state index in [1.165, 1.54) is 4.88 Å². The van der Waals surface area contributed by atoms with Crippen molar-refractivity contribution in [3.8, 4) is 0 Å². The SMILES string of the molecule is Cc1ccc(C(C)NC(=O)NC(C)(C)CC(=O)O)s1. The Balaban J connectivity index is 2.53. The molecule has 106 valence electrons. The first kappa shape index (κ1) is 15.5. The smallest absolute Gasteiger partial charge is 0.315 e. The number of thiophene rings is 1. The molecule has 1 rings (SSSR count). The molecular weight excluding hydrogens is 264 g/mol. The van der Waals surface area contributed by atoms with Gasteiger partial charge in [0.15, 0.2) is 0 Å². The summed E-state index contributed by atoms with van der Waals surface area (Å²) in [6.45, 7) is 7.27. The summed E-state index contributed by atoms with van der Waals surface area (Å²) < 4.78 is 0. The lowest BCUT2D eigenvalue weighted by Gasteiger charge is -2.25. The van der Waals surface area contributed by atoms with E-state index in [0.717, 1.165) is 4.88 Å². The summed E-state index contributed by atoms with van der Waals surface area (Å²) in [7, 11) is 0. The van der Waals surface area contributed by atoms with Gasteiger partial charge in [0, 0.05) is 15.3 Å². The minimum atomic E-state index is -0.938. The molecule has 19 heavy (non-hydrogen) atoms. The second-order valence-corrected chi connectivity index (χ2v) is 6.54. The van der Waals surface area contributed by atoms with Crippen LogP contribution in [0, 0.1) is 6.92 Å². The molecule has 1 aromatic heterocycles. The monoisotopic (exact) mass is 284 g/mol. The van der Waals surface area contributed by atoms with Crippen molar-refractivity contribution in [3.05, 3.63) is 21.9 Å². The molecular formula is C13H20N2O3S. The molecule has 0 spiro atoms. The van der Waals surface area contributed by atoms with E-state index in [-0.39, 0.29) is 18.5 Å². The number of rotatable bonds is 5. The first-order valence-electron chi connectivity index (χ1n) is 6.06. The highest BCUT2D eigenvalue weighted by molar-refractivity contribution is 7.12. The number of aryl methyl sites for hydroxylation is 1. The average molecular weight is 284 g/mol. The van der Waals surface area contributed by atoms with Crippen LogP contribution in [-0.2, 0) is 4.79 Å². The highest BCUT2D eigenvalue weighted by Gasteiger charge is 2.24. The molecule has 0 saturated carbocycles. The Labute approximate surface area is 117 Å². The molecule has 0 aliphatic rings. The van der Waals surface area contributed by atoms with Crippen LogP contribution in [0.4, 0.5) is 4.79 Å². The summed E-state index contributed by atoms with van der Waals surface area (Å²) in [5.74, 6) is -0.938. The minimum absolute atomic E-state index is 0.0978. The van der Waals surface area contributed by atoms with Gasteiger partial charge in [-0.2, -0.15) is 0 Å². The molecule has 1 aromatic rings. The van der Waals surface area contributed by atoms with E-state index < -0.39 is 11.5 Å². The zero-order chi connectivity index (χ0) is 14.6. The predicted molar refractivity (Wildman–Crippen MR) is 75.5 cm³/mol. The number of nitrogens with one attached hydrogen (secondary N) is 2. The number of hydrogen-bond acceptors (Lipinski definition) is 3. The molecule has 0 saturated heterocycles.